The molecular formula is C25H23N3OS. The number of para-hydroxylation sites is 1. The summed E-state index contributed by atoms with van der Waals surface area (Å²) in [5.41, 5.74) is 6.45. The third-order valence-corrected chi connectivity index (χ3v) is 6.44. The number of fused-ring (bicyclic) bond motifs is 3. The topological polar surface area (TPSA) is 37.3 Å². The lowest BCUT2D eigenvalue weighted by atomic mass is 10.1. The highest BCUT2D eigenvalue weighted by atomic mass is 32.1. The number of nitrogens with one attached hydrogen (secondary N) is 1. The van der Waals surface area contributed by atoms with E-state index in [-0.39, 0.29) is 12.1 Å². The van der Waals surface area contributed by atoms with Gasteiger partial charge in [-0.15, -0.1) is 11.3 Å². The zero-order chi connectivity index (χ0) is 20.7. The first kappa shape index (κ1) is 18.7. The summed E-state index contributed by atoms with van der Waals surface area (Å²) in [5, 5.41) is 5.22. The van der Waals surface area contributed by atoms with Crippen molar-refractivity contribution in [3.8, 4) is 5.69 Å². The molecule has 0 saturated carbocycles. The predicted octanol–water partition coefficient (Wildman–Crippen LogP) is 6.29. The molecule has 3 heterocycles. The van der Waals surface area contributed by atoms with Gasteiger partial charge in [-0.1, -0.05) is 30.3 Å². The smallest absolute Gasteiger partial charge is 0.318 e. The minimum absolute atomic E-state index is 0.0946. The molecule has 2 aromatic heterocycles. The molecule has 0 spiro atoms. The fourth-order valence-corrected chi connectivity index (χ4v) is 5.18. The van der Waals surface area contributed by atoms with Crippen LogP contribution >= 0.6 is 11.3 Å². The number of hydrogen-bond donors (Lipinski definition) is 1. The van der Waals surface area contributed by atoms with Gasteiger partial charge in [-0.2, -0.15) is 0 Å². The van der Waals surface area contributed by atoms with Crippen LogP contribution in [0.15, 0.2) is 78.3 Å². The molecule has 0 unspecified atom stereocenters. The Labute approximate surface area is 180 Å². The summed E-state index contributed by atoms with van der Waals surface area (Å²) in [6.07, 6.45) is 2.08. The van der Waals surface area contributed by atoms with Crippen molar-refractivity contribution in [2.45, 2.75) is 26.4 Å². The molecule has 30 heavy (non-hydrogen) atoms. The number of anilines is 1. The highest BCUT2D eigenvalue weighted by Gasteiger charge is 2.33. The molecule has 1 atom stereocenters. The van der Waals surface area contributed by atoms with Gasteiger partial charge in [0.2, 0.25) is 0 Å². The molecule has 5 heteroatoms. The summed E-state index contributed by atoms with van der Waals surface area (Å²) in [6, 6.07) is 22.5. The van der Waals surface area contributed by atoms with E-state index in [0.29, 0.717) is 6.54 Å². The van der Waals surface area contributed by atoms with Gasteiger partial charge < -0.3 is 14.8 Å². The summed E-state index contributed by atoms with van der Waals surface area (Å²) in [4.78, 5) is 16.7. The lowest BCUT2D eigenvalue weighted by molar-refractivity contribution is 0.195. The van der Waals surface area contributed by atoms with Crippen molar-refractivity contribution in [1.29, 1.82) is 0 Å². The van der Waals surface area contributed by atoms with E-state index in [4.69, 9.17) is 0 Å². The Hall–Kier alpha value is -3.31. The monoisotopic (exact) mass is 413 g/mol. The quantitative estimate of drug-likeness (QED) is 0.412. The van der Waals surface area contributed by atoms with Crippen molar-refractivity contribution in [2.75, 3.05) is 5.32 Å². The Balaban J connectivity index is 1.61. The molecule has 2 aromatic carbocycles. The molecule has 4 aromatic rings. The predicted molar refractivity (Wildman–Crippen MR) is 122 cm³/mol. The summed E-state index contributed by atoms with van der Waals surface area (Å²) >= 11 is 1.68. The minimum Gasteiger partial charge on any atom is -0.318 e. The van der Waals surface area contributed by atoms with Crippen molar-refractivity contribution < 1.29 is 4.79 Å². The average molecular weight is 414 g/mol. The van der Waals surface area contributed by atoms with Gasteiger partial charge in [0.25, 0.3) is 0 Å². The van der Waals surface area contributed by atoms with E-state index in [0.717, 1.165) is 38.6 Å². The summed E-state index contributed by atoms with van der Waals surface area (Å²) in [7, 11) is 0. The van der Waals surface area contributed by atoms with Crippen LogP contribution in [0.1, 0.15) is 33.3 Å². The molecule has 0 fully saturated rings. The van der Waals surface area contributed by atoms with Crippen LogP contribution in [-0.4, -0.2) is 15.5 Å². The molecule has 0 aliphatic carbocycles. The lowest BCUT2D eigenvalue weighted by Crippen LogP contribution is -2.37. The maximum Gasteiger partial charge on any atom is 0.323 e. The number of rotatable bonds is 2. The molecule has 0 bridgehead atoms. The van der Waals surface area contributed by atoms with E-state index in [1.54, 1.807) is 11.3 Å². The van der Waals surface area contributed by atoms with Crippen LogP contribution in [0.2, 0.25) is 0 Å². The number of carbonyl (C=O) groups is 1. The van der Waals surface area contributed by atoms with Gasteiger partial charge in [-0.25, -0.2) is 4.79 Å². The summed E-state index contributed by atoms with van der Waals surface area (Å²) < 4.78 is 2.21. The highest BCUT2D eigenvalue weighted by Crippen LogP contribution is 2.38. The Bertz CT molecular complexity index is 1190. The van der Waals surface area contributed by atoms with Crippen LogP contribution in [0.25, 0.3) is 5.69 Å². The van der Waals surface area contributed by atoms with Crippen LogP contribution < -0.4 is 5.32 Å². The Morgan fingerprint density at radius 2 is 1.80 bits per heavy atom. The normalized spacial score (nSPS) is 15.3. The highest BCUT2D eigenvalue weighted by molar-refractivity contribution is 7.10. The molecular weight excluding hydrogens is 390 g/mol. The van der Waals surface area contributed by atoms with Gasteiger partial charge in [0.05, 0.1) is 17.9 Å². The lowest BCUT2D eigenvalue weighted by Gasteiger charge is -2.30. The number of aromatic nitrogens is 1. The van der Waals surface area contributed by atoms with E-state index in [1.807, 2.05) is 49.1 Å². The fourth-order valence-electron chi connectivity index (χ4n) is 4.33. The van der Waals surface area contributed by atoms with Gasteiger partial charge in [-0.3, -0.25) is 0 Å². The van der Waals surface area contributed by atoms with Gasteiger partial charge in [0.1, 0.15) is 6.04 Å². The van der Waals surface area contributed by atoms with Gasteiger partial charge >= 0.3 is 6.03 Å². The first-order valence-corrected chi connectivity index (χ1v) is 10.9. The maximum absolute atomic E-state index is 13.6. The Morgan fingerprint density at radius 3 is 2.57 bits per heavy atom. The number of nitrogens with zero attached hydrogens (tertiary/aromatic N) is 2. The van der Waals surface area contributed by atoms with Crippen molar-refractivity contribution in [3.05, 3.63) is 106 Å². The molecule has 4 nitrogen and oxygen atoms in total. The Morgan fingerprint density at radius 1 is 1.00 bits per heavy atom. The van der Waals surface area contributed by atoms with Crippen LogP contribution in [0.5, 0.6) is 0 Å². The molecule has 0 radical (unpaired) electrons. The van der Waals surface area contributed by atoms with Crippen LogP contribution in [0, 0.1) is 13.8 Å². The zero-order valence-electron chi connectivity index (χ0n) is 17.0. The number of hydrogen-bond acceptors (Lipinski definition) is 2. The molecule has 5 rings (SSSR count). The second-order valence-electron chi connectivity index (χ2n) is 7.78. The van der Waals surface area contributed by atoms with E-state index >= 15 is 0 Å². The molecule has 1 aliphatic rings. The summed E-state index contributed by atoms with van der Waals surface area (Å²) in [6.45, 7) is 4.63. The van der Waals surface area contributed by atoms with Gasteiger partial charge in [0, 0.05) is 16.8 Å². The molecule has 1 N–H and O–H groups in total. The molecule has 1 aliphatic heterocycles. The first-order chi connectivity index (χ1) is 14.6. The zero-order valence-corrected chi connectivity index (χ0v) is 17.8. The van der Waals surface area contributed by atoms with E-state index in [9.17, 15) is 4.79 Å². The summed E-state index contributed by atoms with van der Waals surface area (Å²) in [5.74, 6) is 0. The van der Waals surface area contributed by atoms with Crippen molar-refractivity contribution in [2.24, 2.45) is 0 Å². The SMILES string of the molecule is Cc1cc(C)cc(NC(=O)N2Cc3ccccc3-n3cccc3[C@@H]2c2cccs2)c1. The van der Waals surface area contributed by atoms with Crippen LogP contribution in [0.3, 0.4) is 0 Å². The van der Waals surface area contributed by atoms with Crippen molar-refractivity contribution in [1.82, 2.24) is 9.47 Å². The van der Waals surface area contributed by atoms with Gasteiger partial charge in [-0.05, 0) is 72.3 Å². The number of urea groups is 1. The molecule has 2 amide bonds. The Kier molecular flexibility index (Phi) is 4.68. The fraction of sp³-hybridized carbons (Fsp3) is 0.160. The third kappa shape index (κ3) is 3.31. The molecule has 150 valence electrons. The maximum atomic E-state index is 13.6. The average Bonchev–Trinajstić information content (AvgIpc) is 3.38. The largest absolute Gasteiger partial charge is 0.323 e. The first-order valence-electron chi connectivity index (χ1n) is 10.0. The number of aryl methyl sites for hydroxylation is 2. The number of thiophene rings is 1. The third-order valence-electron chi connectivity index (χ3n) is 5.51. The minimum atomic E-state index is -0.154. The van der Waals surface area contributed by atoms with Crippen LogP contribution in [0.4, 0.5) is 10.5 Å². The van der Waals surface area contributed by atoms with Crippen LogP contribution in [-0.2, 0) is 6.54 Å². The van der Waals surface area contributed by atoms with Gasteiger partial charge in [0.15, 0.2) is 0 Å². The second-order valence-corrected chi connectivity index (χ2v) is 8.76. The van der Waals surface area contributed by atoms with E-state index in [2.05, 4.69) is 57.9 Å². The number of amides is 2. The molecule has 0 saturated heterocycles. The second kappa shape index (κ2) is 7.50. The van der Waals surface area contributed by atoms with E-state index in [1.165, 1.54) is 0 Å². The standard InChI is InChI=1S/C25H23N3OS/c1-17-13-18(2)15-20(14-17)26-25(29)28-16-19-7-3-4-8-21(19)27-11-5-9-22(27)24(28)23-10-6-12-30-23/h3-15,24H,16H2,1-2H3,(H,26,29)/t24-/m1/s1. The number of benzene rings is 2. The van der Waals surface area contributed by atoms with E-state index < -0.39 is 0 Å². The van der Waals surface area contributed by atoms with Crippen molar-refractivity contribution >= 4 is 23.1 Å². The number of carbonyl (C=O) groups excluding carboxylic acids is 1. The van der Waals surface area contributed by atoms with Crippen molar-refractivity contribution in [3.63, 3.8) is 0 Å².